The number of amidine groups is 1. The number of rotatable bonds is 6. The van der Waals surface area contributed by atoms with Crippen LogP contribution in [-0.4, -0.2) is 34.9 Å². The quantitative estimate of drug-likeness (QED) is 0.258. The molecule has 0 spiro atoms. The van der Waals surface area contributed by atoms with E-state index >= 15 is 0 Å². The van der Waals surface area contributed by atoms with Crippen LogP contribution in [0.15, 0.2) is 29.4 Å². The topological polar surface area (TPSA) is 78.9 Å². The molecule has 1 rings (SSSR count). The van der Waals surface area contributed by atoms with E-state index < -0.39 is 0 Å². The highest BCUT2D eigenvalue weighted by Gasteiger charge is 2.19. The SMILES string of the molecule is CC(C)CN(CCC(N)=NO)C(=O)c1ccccc1I. The first-order valence-corrected chi connectivity index (χ1v) is 7.53. The Morgan fingerprint density at radius 1 is 1.45 bits per heavy atom. The third kappa shape index (κ3) is 4.99. The van der Waals surface area contributed by atoms with Gasteiger partial charge in [-0.3, -0.25) is 4.79 Å². The summed E-state index contributed by atoms with van der Waals surface area (Å²) in [4.78, 5) is 14.3. The van der Waals surface area contributed by atoms with E-state index in [1.165, 1.54) is 0 Å². The molecule has 0 atom stereocenters. The van der Waals surface area contributed by atoms with E-state index in [4.69, 9.17) is 10.9 Å². The van der Waals surface area contributed by atoms with Crippen LogP contribution in [0.5, 0.6) is 0 Å². The Bertz CT molecular complexity index is 489. The highest BCUT2D eigenvalue weighted by Crippen LogP contribution is 2.15. The highest BCUT2D eigenvalue weighted by atomic mass is 127. The molecule has 0 aromatic heterocycles. The van der Waals surface area contributed by atoms with Gasteiger partial charge in [-0.15, -0.1) is 0 Å². The Kier molecular flexibility index (Phi) is 6.77. The molecule has 0 unspecified atom stereocenters. The second kappa shape index (κ2) is 8.08. The fraction of sp³-hybridized carbons (Fsp3) is 0.429. The average Bonchev–Trinajstić information content (AvgIpc) is 2.42. The Hall–Kier alpha value is -1.31. The summed E-state index contributed by atoms with van der Waals surface area (Å²) in [5.41, 5.74) is 6.17. The molecule has 0 radical (unpaired) electrons. The van der Waals surface area contributed by atoms with E-state index in [-0.39, 0.29) is 11.7 Å². The Morgan fingerprint density at radius 2 is 2.10 bits per heavy atom. The van der Waals surface area contributed by atoms with Crippen LogP contribution in [0.2, 0.25) is 0 Å². The lowest BCUT2D eigenvalue weighted by atomic mass is 10.1. The number of hydrogen-bond acceptors (Lipinski definition) is 3. The molecule has 0 heterocycles. The molecule has 0 bridgehead atoms. The normalized spacial score (nSPS) is 11.7. The molecule has 0 saturated heterocycles. The molecule has 1 aromatic carbocycles. The van der Waals surface area contributed by atoms with Gasteiger partial charge in [-0.05, 0) is 40.6 Å². The van der Waals surface area contributed by atoms with E-state index in [1.54, 1.807) is 4.90 Å². The van der Waals surface area contributed by atoms with Gasteiger partial charge in [0.05, 0.1) is 5.56 Å². The predicted octanol–water partition coefficient (Wildman–Crippen LogP) is 2.53. The van der Waals surface area contributed by atoms with Gasteiger partial charge in [-0.25, -0.2) is 0 Å². The number of carbonyl (C=O) groups is 1. The fourth-order valence-electron chi connectivity index (χ4n) is 1.82. The minimum atomic E-state index is -0.0190. The third-order valence-corrected chi connectivity index (χ3v) is 3.68. The monoisotopic (exact) mass is 389 g/mol. The summed E-state index contributed by atoms with van der Waals surface area (Å²) in [5.74, 6) is 0.469. The van der Waals surface area contributed by atoms with Gasteiger partial charge >= 0.3 is 0 Å². The maximum Gasteiger partial charge on any atom is 0.254 e. The van der Waals surface area contributed by atoms with Crippen molar-refractivity contribution in [1.82, 2.24) is 4.90 Å². The molecule has 0 aliphatic rings. The first kappa shape index (κ1) is 16.7. The first-order valence-electron chi connectivity index (χ1n) is 6.46. The largest absolute Gasteiger partial charge is 0.409 e. The van der Waals surface area contributed by atoms with Crippen LogP contribution in [0.25, 0.3) is 0 Å². The van der Waals surface area contributed by atoms with Gasteiger partial charge in [0, 0.05) is 23.1 Å². The molecule has 20 heavy (non-hydrogen) atoms. The lowest BCUT2D eigenvalue weighted by molar-refractivity contribution is 0.0739. The lowest BCUT2D eigenvalue weighted by Gasteiger charge is -2.25. The van der Waals surface area contributed by atoms with Crippen molar-refractivity contribution < 1.29 is 10.0 Å². The number of benzene rings is 1. The summed E-state index contributed by atoms with van der Waals surface area (Å²) in [6.45, 7) is 5.19. The van der Waals surface area contributed by atoms with Crippen molar-refractivity contribution in [3.63, 3.8) is 0 Å². The summed E-state index contributed by atoms with van der Waals surface area (Å²) in [6, 6.07) is 7.49. The summed E-state index contributed by atoms with van der Waals surface area (Å²) in [5, 5.41) is 11.5. The summed E-state index contributed by atoms with van der Waals surface area (Å²) in [7, 11) is 0. The number of halogens is 1. The van der Waals surface area contributed by atoms with Gasteiger partial charge in [0.1, 0.15) is 5.84 Å². The van der Waals surface area contributed by atoms with Crippen molar-refractivity contribution in [3.8, 4) is 0 Å². The van der Waals surface area contributed by atoms with E-state index in [0.717, 1.165) is 3.57 Å². The molecule has 110 valence electrons. The highest BCUT2D eigenvalue weighted by molar-refractivity contribution is 14.1. The molecule has 3 N–H and O–H groups in total. The molecule has 0 aliphatic carbocycles. The molecule has 1 aromatic rings. The fourth-order valence-corrected chi connectivity index (χ4v) is 2.44. The molecule has 0 aliphatic heterocycles. The minimum absolute atomic E-state index is 0.0190. The van der Waals surface area contributed by atoms with Gasteiger partial charge in [0.15, 0.2) is 0 Å². The number of amides is 1. The zero-order chi connectivity index (χ0) is 15.1. The van der Waals surface area contributed by atoms with Crippen LogP contribution >= 0.6 is 22.6 Å². The molecular formula is C14H20IN3O2. The van der Waals surface area contributed by atoms with Crippen LogP contribution in [0.1, 0.15) is 30.6 Å². The van der Waals surface area contributed by atoms with E-state index in [9.17, 15) is 4.79 Å². The minimum Gasteiger partial charge on any atom is -0.409 e. The van der Waals surface area contributed by atoms with E-state index in [0.29, 0.717) is 31.0 Å². The number of hydrogen-bond donors (Lipinski definition) is 2. The molecule has 6 heteroatoms. The molecule has 1 amide bonds. The van der Waals surface area contributed by atoms with Crippen LogP contribution in [-0.2, 0) is 0 Å². The van der Waals surface area contributed by atoms with Crippen LogP contribution < -0.4 is 5.73 Å². The second-order valence-corrected chi connectivity index (χ2v) is 6.13. The molecule has 0 fully saturated rings. The van der Waals surface area contributed by atoms with Crippen LogP contribution in [0, 0.1) is 9.49 Å². The zero-order valence-electron chi connectivity index (χ0n) is 11.7. The average molecular weight is 389 g/mol. The van der Waals surface area contributed by atoms with Gasteiger partial charge < -0.3 is 15.8 Å². The molecule has 5 nitrogen and oxygen atoms in total. The van der Waals surface area contributed by atoms with Gasteiger partial charge in [-0.2, -0.15) is 0 Å². The summed E-state index contributed by atoms with van der Waals surface area (Å²) in [6.07, 6.45) is 0.359. The number of nitrogens with two attached hydrogens (primary N) is 1. The van der Waals surface area contributed by atoms with Gasteiger partial charge in [-0.1, -0.05) is 31.1 Å². The predicted molar refractivity (Wildman–Crippen MR) is 87.9 cm³/mol. The number of carbonyl (C=O) groups excluding carboxylic acids is 1. The van der Waals surface area contributed by atoms with Gasteiger partial charge in [0.2, 0.25) is 0 Å². The third-order valence-electron chi connectivity index (χ3n) is 2.74. The lowest BCUT2D eigenvalue weighted by Crippen LogP contribution is -2.37. The second-order valence-electron chi connectivity index (χ2n) is 4.97. The van der Waals surface area contributed by atoms with E-state index in [2.05, 4.69) is 41.6 Å². The zero-order valence-corrected chi connectivity index (χ0v) is 13.9. The Morgan fingerprint density at radius 3 is 2.65 bits per heavy atom. The van der Waals surface area contributed by atoms with Crippen molar-refractivity contribution in [2.45, 2.75) is 20.3 Å². The standard InChI is InChI=1S/C14H20IN3O2/c1-10(2)9-18(8-7-13(16)17-20)14(19)11-5-3-4-6-12(11)15/h3-6,10,20H,7-9H2,1-2H3,(H2,16,17). The summed E-state index contributed by atoms with van der Waals surface area (Å²) < 4.78 is 0.924. The van der Waals surface area contributed by atoms with Crippen molar-refractivity contribution in [1.29, 1.82) is 0 Å². The molecular weight excluding hydrogens is 369 g/mol. The Balaban J connectivity index is 2.87. The van der Waals surface area contributed by atoms with Crippen molar-refractivity contribution in [3.05, 3.63) is 33.4 Å². The van der Waals surface area contributed by atoms with Crippen molar-refractivity contribution in [2.24, 2.45) is 16.8 Å². The van der Waals surface area contributed by atoms with Crippen molar-refractivity contribution >= 4 is 34.3 Å². The van der Waals surface area contributed by atoms with E-state index in [1.807, 2.05) is 24.3 Å². The maximum atomic E-state index is 12.6. The smallest absolute Gasteiger partial charge is 0.254 e. The molecule has 0 saturated carbocycles. The number of nitrogens with zero attached hydrogens (tertiary/aromatic N) is 2. The maximum absolute atomic E-state index is 12.6. The Labute approximate surface area is 133 Å². The van der Waals surface area contributed by atoms with Crippen LogP contribution in [0.4, 0.5) is 0 Å². The van der Waals surface area contributed by atoms with Gasteiger partial charge in [0.25, 0.3) is 5.91 Å². The van der Waals surface area contributed by atoms with Crippen LogP contribution in [0.3, 0.4) is 0 Å². The first-order chi connectivity index (χ1) is 9.45. The summed E-state index contributed by atoms with van der Waals surface area (Å²) >= 11 is 2.16. The number of oxime groups is 1. The van der Waals surface area contributed by atoms with Crippen molar-refractivity contribution in [2.75, 3.05) is 13.1 Å².